The highest BCUT2D eigenvalue weighted by Gasteiger charge is 2.23. The highest BCUT2D eigenvalue weighted by atomic mass is 32.1. The summed E-state index contributed by atoms with van der Waals surface area (Å²) in [6.45, 7) is 0. The van der Waals surface area contributed by atoms with Crippen molar-refractivity contribution in [2.24, 2.45) is 0 Å². The molecule has 2 nitrogen and oxygen atoms in total. The molecule has 10 rings (SSSR count). The predicted molar refractivity (Wildman–Crippen MR) is 210 cm³/mol. The van der Waals surface area contributed by atoms with Crippen LogP contribution in [-0.2, 0) is 0 Å². The standard InChI is InChI=1S/C46H29NOS/c1-2-12-30(13-3-1)32-15-10-16-35(28-32)47(44-36-17-5-4-14-33(36)29-41-38-18-6-8-22-42(38)48-45(41)44)34-26-24-31(25-27-34)37-20-11-21-40-39-19-7-9-23-43(39)49-46(37)40/h1-29H. The van der Waals surface area contributed by atoms with Gasteiger partial charge in [0, 0.05) is 47.7 Å². The van der Waals surface area contributed by atoms with Gasteiger partial charge in [0.25, 0.3) is 0 Å². The molecule has 0 bridgehead atoms. The zero-order chi connectivity index (χ0) is 32.3. The van der Waals surface area contributed by atoms with E-state index < -0.39 is 0 Å². The lowest BCUT2D eigenvalue weighted by molar-refractivity contribution is 0.669. The number of hydrogen-bond donors (Lipinski definition) is 0. The molecular formula is C46H29NOS. The molecule has 0 aliphatic carbocycles. The Balaban J connectivity index is 1.22. The molecule has 8 aromatic carbocycles. The van der Waals surface area contributed by atoms with Crippen molar-refractivity contribution >= 4 is 81.3 Å². The molecule has 0 spiro atoms. The second-order valence-corrected chi connectivity index (χ2v) is 13.6. The largest absolute Gasteiger partial charge is 0.454 e. The van der Waals surface area contributed by atoms with E-state index in [-0.39, 0.29) is 0 Å². The molecule has 0 atom stereocenters. The Morgan fingerprint density at radius 2 is 1.12 bits per heavy atom. The van der Waals surface area contributed by atoms with Gasteiger partial charge in [-0.2, -0.15) is 0 Å². The van der Waals surface area contributed by atoms with Gasteiger partial charge in [-0.1, -0.05) is 133 Å². The zero-order valence-electron chi connectivity index (χ0n) is 26.5. The van der Waals surface area contributed by atoms with Crippen LogP contribution in [0.2, 0.25) is 0 Å². The summed E-state index contributed by atoms with van der Waals surface area (Å²) in [6, 6.07) is 63.1. The van der Waals surface area contributed by atoms with Crippen LogP contribution in [0.15, 0.2) is 180 Å². The highest BCUT2D eigenvalue weighted by Crippen LogP contribution is 2.47. The summed E-state index contributed by atoms with van der Waals surface area (Å²) in [5, 5.41) is 7.17. The molecule has 2 heterocycles. The maximum absolute atomic E-state index is 6.76. The van der Waals surface area contributed by atoms with Crippen molar-refractivity contribution in [1.29, 1.82) is 0 Å². The zero-order valence-corrected chi connectivity index (χ0v) is 27.3. The van der Waals surface area contributed by atoms with Crippen molar-refractivity contribution in [1.82, 2.24) is 0 Å². The fourth-order valence-electron chi connectivity index (χ4n) is 7.35. The second kappa shape index (κ2) is 11.2. The Hall–Kier alpha value is -6.16. The quantitative estimate of drug-likeness (QED) is 0.186. The molecule has 10 aromatic rings. The molecular weight excluding hydrogens is 615 g/mol. The van der Waals surface area contributed by atoms with Crippen molar-refractivity contribution in [3.05, 3.63) is 176 Å². The summed E-state index contributed by atoms with van der Waals surface area (Å²) in [4.78, 5) is 2.38. The van der Waals surface area contributed by atoms with Crippen LogP contribution in [-0.4, -0.2) is 0 Å². The monoisotopic (exact) mass is 643 g/mol. The van der Waals surface area contributed by atoms with Crippen LogP contribution in [0.25, 0.3) is 75.1 Å². The molecule has 230 valence electrons. The summed E-state index contributed by atoms with van der Waals surface area (Å²) >= 11 is 1.87. The number of benzene rings is 8. The topological polar surface area (TPSA) is 16.4 Å². The highest BCUT2D eigenvalue weighted by molar-refractivity contribution is 7.26. The van der Waals surface area contributed by atoms with Crippen LogP contribution in [0.5, 0.6) is 0 Å². The fraction of sp³-hybridized carbons (Fsp3) is 0. The normalized spacial score (nSPS) is 11.7. The van der Waals surface area contributed by atoms with E-state index in [1.54, 1.807) is 0 Å². The Morgan fingerprint density at radius 1 is 0.429 bits per heavy atom. The Labute approximate surface area is 287 Å². The van der Waals surface area contributed by atoms with Gasteiger partial charge in [0.05, 0.1) is 5.69 Å². The van der Waals surface area contributed by atoms with E-state index >= 15 is 0 Å². The maximum Gasteiger partial charge on any atom is 0.160 e. The lowest BCUT2D eigenvalue weighted by Gasteiger charge is -2.27. The summed E-state index contributed by atoms with van der Waals surface area (Å²) in [6.07, 6.45) is 0. The molecule has 0 saturated heterocycles. The number of para-hydroxylation sites is 1. The van der Waals surface area contributed by atoms with E-state index in [2.05, 4.69) is 175 Å². The summed E-state index contributed by atoms with van der Waals surface area (Å²) in [5.41, 5.74) is 9.74. The summed E-state index contributed by atoms with van der Waals surface area (Å²) < 4.78 is 9.40. The minimum atomic E-state index is 0.879. The molecule has 2 aromatic heterocycles. The molecule has 49 heavy (non-hydrogen) atoms. The Kier molecular flexibility index (Phi) is 6.39. The Bertz CT molecular complexity index is 2830. The molecule has 0 radical (unpaired) electrons. The van der Waals surface area contributed by atoms with Crippen LogP contribution in [0.4, 0.5) is 17.1 Å². The first-order chi connectivity index (χ1) is 24.3. The SMILES string of the molecule is c1ccc(-c2cccc(N(c3ccc(-c4cccc5c4sc4ccccc45)cc3)c3c4ccccc4cc4c3oc3ccccc34)c2)cc1. The van der Waals surface area contributed by atoms with Gasteiger partial charge < -0.3 is 9.32 Å². The van der Waals surface area contributed by atoms with Gasteiger partial charge in [-0.3, -0.25) is 0 Å². The first-order valence-corrected chi connectivity index (χ1v) is 17.4. The van der Waals surface area contributed by atoms with E-state index in [0.29, 0.717) is 0 Å². The first kappa shape index (κ1) is 27.9. The number of fused-ring (bicyclic) bond motifs is 7. The minimum absolute atomic E-state index is 0.879. The smallest absolute Gasteiger partial charge is 0.160 e. The Morgan fingerprint density at radius 3 is 2.00 bits per heavy atom. The van der Waals surface area contributed by atoms with E-state index in [1.165, 1.54) is 42.2 Å². The van der Waals surface area contributed by atoms with E-state index in [0.717, 1.165) is 50.0 Å². The van der Waals surface area contributed by atoms with E-state index in [1.807, 2.05) is 17.4 Å². The minimum Gasteiger partial charge on any atom is -0.454 e. The van der Waals surface area contributed by atoms with Crippen LogP contribution < -0.4 is 4.90 Å². The molecule has 0 aliphatic rings. The predicted octanol–water partition coefficient (Wildman–Crippen LogP) is 13.9. The molecule has 0 aliphatic heterocycles. The third kappa shape index (κ3) is 4.55. The van der Waals surface area contributed by atoms with Crippen molar-refractivity contribution in [2.75, 3.05) is 4.90 Å². The number of anilines is 3. The van der Waals surface area contributed by atoms with Gasteiger partial charge in [0.1, 0.15) is 5.58 Å². The van der Waals surface area contributed by atoms with E-state index in [4.69, 9.17) is 4.42 Å². The van der Waals surface area contributed by atoms with Crippen molar-refractivity contribution < 1.29 is 4.42 Å². The molecule has 0 saturated carbocycles. The van der Waals surface area contributed by atoms with Crippen molar-refractivity contribution in [3.63, 3.8) is 0 Å². The third-order valence-electron chi connectivity index (χ3n) is 9.64. The molecule has 0 amide bonds. The van der Waals surface area contributed by atoms with Crippen molar-refractivity contribution in [2.45, 2.75) is 0 Å². The molecule has 0 N–H and O–H groups in total. The van der Waals surface area contributed by atoms with Crippen molar-refractivity contribution in [3.8, 4) is 22.3 Å². The average Bonchev–Trinajstić information content (AvgIpc) is 3.74. The number of thiophene rings is 1. The lowest BCUT2D eigenvalue weighted by atomic mass is 9.99. The van der Waals surface area contributed by atoms with E-state index in [9.17, 15) is 0 Å². The first-order valence-electron chi connectivity index (χ1n) is 16.6. The maximum atomic E-state index is 6.76. The number of hydrogen-bond acceptors (Lipinski definition) is 3. The molecule has 0 fully saturated rings. The van der Waals surface area contributed by atoms with Crippen LogP contribution in [0.3, 0.4) is 0 Å². The molecule has 0 unspecified atom stereocenters. The van der Waals surface area contributed by atoms with Crippen LogP contribution in [0, 0.1) is 0 Å². The second-order valence-electron chi connectivity index (χ2n) is 12.5. The molecule has 3 heteroatoms. The van der Waals surface area contributed by atoms with Gasteiger partial charge >= 0.3 is 0 Å². The number of rotatable bonds is 5. The number of furan rings is 1. The third-order valence-corrected chi connectivity index (χ3v) is 10.9. The average molecular weight is 644 g/mol. The lowest BCUT2D eigenvalue weighted by Crippen LogP contribution is -2.11. The van der Waals surface area contributed by atoms with Crippen LogP contribution in [0.1, 0.15) is 0 Å². The van der Waals surface area contributed by atoms with Gasteiger partial charge in [0.15, 0.2) is 5.58 Å². The number of nitrogens with zero attached hydrogens (tertiary/aromatic N) is 1. The van der Waals surface area contributed by atoms with Gasteiger partial charge in [-0.05, 0) is 70.1 Å². The van der Waals surface area contributed by atoms with Gasteiger partial charge in [0.2, 0.25) is 0 Å². The fourth-order valence-corrected chi connectivity index (χ4v) is 8.59. The summed E-state index contributed by atoms with van der Waals surface area (Å²) in [7, 11) is 0. The van der Waals surface area contributed by atoms with Gasteiger partial charge in [-0.25, -0.2) is 0 Å². The summed E-state index contributed by atoms with van der Waals surface area (Å²) in [5.74, 6) is 0. The van der Waals surface area contributed by atoms with Gasteiger partial charge in [-0.15, -0.1) is 11.3 Å². The van der Waals surface area contributed by atoms with Crippen LogP contribution >= 0.6 is 11.3 Å².